The molecule has 1 fully saturated rings. The zero-order chi connectivity index (χ0) is 14.7. The van der Waals surface area contributed by atoms with Crippen molar-refractivity contribution in [1.82, 2.24) is 10.6 Å². The average Bonchev–Trinajstić information content (AvgIpc) is 2.41. The molecule has 0 aliphatic carbocycles. The lowest BCUT2D eigenvalue weighted by atomic mass is 9.95. The third-order valence-corrected chi connectivity index (χ3v) is 4.40. The highest BCUT2D eigenvalue weighted by Crippen LogP contribution is 2.20. The first kappa shape index (κ1) is 15.2. The van der Waals surface area contributed by atoms with E-state index in [-0.39, 0.29) is 17.6 Å². The molecule has 1 aromatic rings. The fourth-order valence-electron chi connectivity index (χ4n) is 2.28. The molecule has 1 amide bonds. The number of benzene rings is 1. The molecule has 1 saturated heterocycles. The van der Waals surface area contributed by atoms with E-state index in [9.17, 15) is 14.9 Å². The number of amides is 1. The summed E-state index contributed by atoms with van der Waals surface area (Å²) in [6.07, 6.45) is 0.899. The quantitative estimate of drug-likeness (QED) is 0.470. The van der Waals surface area contributed by atoms with Gasteiger partial charge in [-0.05, 0) is 54.1 Å². The fourth-order valence-corrected chi connectivity index (χ4v) is 3.02. The van der Waals surface area contributed by atoms with Crippen LogP contribution in [0, 0.1) is 19.6 Å². The Bertz CT molecular complexity index is 536. The number of nitrogens with one attached hydrogen (secondary N) is 2. The summed E-state index contributed by atoms with van der Waals surface area (Å²) in [5.41, 5.74) is 0.489. The third kappa shape index (κ3) is 3.45. The molecule has 2 unspecified atom stereocenters. The van der Waals surface area contributed by atoms with Crippen molar-refractivity contribution in [3.8, 4) is 0 Å². The Labute approximate surface area is 130 Å². The van der Waals surface area contributed by atoms with Crippen molar-refractivity contribution in [3.05, 3.63) is 37.4 Å². The smallest absolute Gasteiger partial charge is 0.270 e. The zero-order valence-electron chi connectivity index (χ0n) is 11.1. The van der Waals surface area contributed by atoms with Gasteiger partial charge in [0.1, 0.15) is 0 Å². The molecule has 1 aliphatic heterocycles. The Morgan fingerprint density at radius 2 is 2.30 bits per heavy atom. The highest BCUT2D eigenvalue weighted by molar-refractivity contribution is 14.1. The second-order valence-electron chi connectivity index (χ2n) is 4.97. The van der Waals surface area contributed by atoms with Gasteiger partial charge in [-0.15, -0.1) is 0 Å². The van der Waals surface area contributed by atoms with Gasteiger partial charge in [-0.25, -0.2) is 0 Å². The number of nitro benzene ring substituents is 1. The Morgan fingerprint density at radius 1 is 1.55 bits per heavy atom. The molecule has 1 aliphatic rings. The Balaban J connectivity index is 2.11. The van der Waals surface area contributed by atoms with E-state index >= 15 is 0 Å². The number of nitrogens with zero attached hydrogens (tertiary/aromatic N) is 1. The second kappa shape index (κ2) is 6.49. The van der Waals surface area contributed by atoms with Crippen molar-refractivity contribution in [2.75, 3.05) is 13.1 Å². The van der Waals surface area contributed by atoms with E-state index in [2.05, 4.69) is 17.6 Å². The minimum absolute atomic E-state index is 0.00110. The average molecular weight is 389 g/mol. The lowest BCUT2D eigenvalue weighted by molar-refractivity contribution is -0.384. The maximum atomic E-state index is 12.3. The van der Waals surface area contributed by atoms with Crippen LogP contribution in [-0.2, 0) is 0 Å². The summed E-state index contributed by atoms with van der Waals surface area (Å²) >= 11 is 1.96. The Morgan fingerprint density at radius 3 is 2.90 bits per heavy atom. The maximum Gasteiger partial charge on any atom is 0.270 e. The Kier molecular flexibility index (Phi) is 4.92. The number of nitro groups is 1. The topological polar surface area (TPSA) is 84.3 Å². The molecule has 108 valence electrons. The molecule has 20 heavy (non-hydrogen) atoms. The van der Waals surface area contributed by atoms with Crippen LogP contribution in [0.25, 0.3) is 0 Å². The summed E-state index contributed by atoms with van der Waals surface area (Å²) in [6.45, 7) is 3.88. The SMILES string of the molecule is CC1CNCCC1NC(=O)c1ccc([N+](=O)[O-])cc1I. The zero-order valence-corrected chi connectivity index (χ0v) is 13.2. The van der Waals surface area contributed by atoms with Gasteiger partial charge in [-0.1, -0.05) is 6.92 Å². The number of halogens is 1. The van der Waals surface area contributed by atoms with Crippen LogP contribution in [0.3, 0.4) is 0 Å². The fraction of sp³-hybridized carbons (Fsp3) is 0.462. The molecule has 2 N–H and O–H groups in total. The molecule has 1 aromatic carbocycles. The molecule has 0 bridgehead atoms. The van der Waals surface area contributed by atoms with Crippen LogP contribution in [-0.4, -0.2) is 30.0 Å². The largest absolute Gasteiger partial charge is 0.349 e. The number of hydrogen-bond donors (Lipinski definition) is 2. The van der Waals surface area contributed by atoms with Gasteiger partial charge in [-0.2, -0.15) is 0 Å². The van der Waals surface area contributed by atoms with Crippen LogP contribution in [0.2, 0.25) is 0 Å². The summed E-state index contributed by atoms with van der Waals surface area (Å²) in [5, 5.41) is 17.0. The van der Waals surface area contributed by atoms with E-state index in [1.807, 2.05) is 22.6 Å². The first-order chi connectivity index (χ1) is 9.49. The summed E-state index contributed by atoms with van der Waals surface area (Å²) < 4.78 is 0.593. The molecule has 0 aromatic heterocycles. The van der Waals surface area contributed by atoms with E-state index in [0.29, 0.717) is 15.1 Å². The standard InChI is InChI=1S/C13H16IN3O3/c1-8-7-15-5-4-12(8)16-13(18)10-3-2-9(17(19)20)6-11(10)14/h2-3,6,8,12,15H,4-5,7H2,1H3,(H,16,18). The van der Waals surface area contributed by atoms with E-state index in [0.717, 1.165) is 19.5 Å². The van der Waals surface area contributed by atoms with Crippen molar-refractivity contribution in [1.29, 1.82) is 0 Å². The van der Waals surface area contributed by atoms with Crippen LogP contribution >= 0.6 is 22.6 Å². The van der Waals surface area contributed by atoms with Gasteiger partial charge in [0.15, 0.2) is 0 Å². The number of hydrogen-bond acceptors (Lipinski definition) is 4. The predicted molar refractivity (Wildman–Crippen MR) is 83.7 cm³/mol. The summed E-state index contributed by atoms with van der Waals surface area (Å²) in [7, 11) is 0. The van der Waals surface area contributed by atoms with Crippen LogP contribution in [0.5, 0.6) is 0 Å². The minimum atomic E-state index is -0.460. The van der Waals surface area contributed by atoms with Gasteiger partial charge in [0.2, 0.25) is 0 Å². The minimum Gasteiger partial charge on any atom is -0.349 e. The molecule has 1 heterocycles. The summed E-state index contributed by atoms with van der Waals surface area (Å²) in [4.78, 5) is 22.5. The molecule has 0 radical (unpaired) electrons. The lowest BCUT2D eigenvalue weighted by Crippen LogP contribution is -2.48. The molecule has 2 atom stereocenters. The van der Waals surface area contributed by atoms with Crippen molar-refractivity contribution in [3.63, 3.8) is 0 Å². The van der Waals surface area contributed by atoms with Gasteiger partial charge in [0.25, 0.3) is 11.6 Å². The highest BCUT2D eigenvalue weighted by Gasteiger charge is 2.24. The van der Waals surface area contributed by atoms with E-state index < -0.39 is 4.92 Å². The molecular formula is C13H16IN3O3. The third-order valence-electron chi connectivity index (χ3n) is 3.51. The van der Waals surface area contributed by atoms with Crippen LogP contribution in [0.4, 0.5) is 5.69 Å². The van der Waals surface area contributed by atoms with Crippen molar-refractivity contribution in [2.45, 2.75) is 19.4 Å². The van der Waals surface area contributed by atoms with Crippen molar-refractivity contribution >= 4 is 34.2 Å². The first-order valence-corrected chi connectivity index (χ1v) is 7.52. The number of carbonyl (C=O) groups excluding carboxylic acids is 1. The summed E-state index contributed by atoms with van der Waals surface area (Å²) in [5.74, 6) is 0.214. The number of piperidine rings is 1. The van der Waals surface area contributed by atoms with Crippen molar-refractivity contribution < 1.29 is 9.72 Å². The molecular weight excluding hydrogens is 373 g/mol. The first-order valence-electron chi connectivity index (χ1n) is 6.44. The lowest BCUT2D eigenvalue weighted by Gasteiger charge is -2.30. The number of rotatable bonds is 3. The van der Waals surface area contributed by atoms with Gasteiger partial charge in [0, 0.05) is 21.7 Å². The maximum absolute atomic E-state index is 12.3. The Hall–Kier alpha value is -1.22. The number of carbonyl (C=O) groups is 1. The molecule has 0 spiro atoms. The van der Waals surface area contributed by atoms with E-state index in [4.69, 9.17) is 0 Å². The molecule has 0 saturated carbocycles. The van der Waals surface area contributed by atoms with Gasteiger partial charge in [-0.3, -0.25) is 14.9 Å². The summed E-state index contributed by atoms with van der Waals surface area (Å²) in [6, 6.07) is 4.44. The van der Waals surface area contributed by atoms with Gasteiger partial charge < -0.3 is 10.6 Å². The molecule has 7 heteroatoms. The van der Waals surface area contributed by atoms with Gasteiger partial charge >= 0.3 is 0 Å². The van der Waals surface area contributed by atoms with Gasteiger partial charge in [0.05, 0.1) is 10.5 Å². The second-order valence-corrected chi connectivity index (χ2v) is 6.13. The predicted octanol–water partition coefficient (Wildman–Crippen LogP) is 1.93. The highest BCUT2D eigenvalue weighted by atomic mass is 127. The monoisotopic (exact) mass is 389 g/mol. The van der Waals surface area contributed by atoms with E-state index in [1.54, 1.807) is 0 Å². The van der Waals surface area contributed by atoms with Crippen LogP contribution < -0.4 is 10.6 Å². The normalized spacial score (nSPS) is 22.3. The van der Waals surface area contributed by atoms with Crippen molar-refractivity contribution in [2.24, 2.45) is 5.92 Å². The number of non-ortho nitro benzene ring substituents is 1. The molecule has 2 rings (SSSR count). The molecule has 6 nitrogen and oxygen atoms in total. The van der Waals surface area contributed by atoms with Crippen LogP contribution in [0.15, 0.2) is 18.2 Å². The van der Waals surface area contributed by atoms with E-state index in [1.165, 1.54) is 18.2 Å². The van der Waals surface area contributed by atoms with Crippen LogP contribution in [0.1, 0.15) is 23.7 Å².